The summed E-state index contributed by atoms with van der Waals surface area (Å²) in [7, 11) is 4.39. The summed E-state index contributed by atoms with van der Waals surface area (Å²) in [6, 6.07) is 0. The van der Waals surface area contributed by atoms with E-state index in [0.29, 0.717) is 0 Å². The zero-order chi connectivity index (χ0) is 16.5. The van der Waals surface area contributed by atoms with Crippen LogP contribution in [-0.2, 0) is 53.8 Å². The molecule has 1 aromatic carbocycles. The van der Waals surface area contributed by atoms with Crippen molar-refractivity contribution in [3.8, 4) is 0 Å². The summed E-state index contributed by atoms with van der Waals surface area (Å²) >= 11 is 0. The van der Waals surface area contributed by atoms with Crippen molar-refractivity contribution in [2.75, 3.05) is 20.6 Å². The molecule has 25 heavy (non-hydrogen) atoms. The molecule has 0 saturated carbocycles. The monoisotopic (exact) mass is 422 g/mol. The van der Waals surface area contributed by atoms with Crippen molar-refractivity contribution in [3.05, 3.63) is 27.8 Å². The van der Waals surface area contributed by atoms with Gasteiger partial charge in [-0.2, -0.15) is 27.8 Å². The van der Waals surface area contributed by atoms with Crippen LogP contribution < -0.4 is 24.8 Å². The summed E-state index contributed by atoms with van der Waals surface area (Å²) in [6.45, 7) is 10.5. The topological polar surface area (TPSA) is 3.24 Å². The first kappa shape index (κ1) is 30.3. The molecule has 0 N–H and O–H groups in total. The van der Waals surface area contributed by atoms with Gasteiger partial charge in [0.05, 0.1) is 0 Å². The van der Waals surface area contributed by atoms with E-state index in [1.54, 1.807) is 27.8 Å². The number of hydrogen-bond acceptors (Lipinski definition) is 1. The first-order chi connectivity index (χ1) is 10.6. The van der Waals surface area contributed by atoms with E-state index >= 15 is 0 Å². The van der Waals surface area contributed by atoms with Crippen molar-refractivity contribution in [3.63, 3.8) is 0 Å². The summed E-state index contributed by atoms with van der Waals surface area (Å²) in [5.74, 6) is 0. The van der Waals surface area contributed by atoms with Crippen LogP contribution in [-0.4, -0.2) is 25.5 Å². The van der Waals surface area contributed by atoms with E-state index in [1.165, 1.54) is 64.3 Å². The van der Waals surface area contributed by atoms with Crippen LogP contribution in [0, 0.1) is 0 Å². The first-order valence-corrected chi connectivity index (χ1v) is 9.56. The molecular weight excluding hydrogens is 385 g/mol. The fourth-order valence-electron chi connectivity index (χ4n) is 3.75. The number of nitrogens with zero attached hydrogens (tertiary/aromatic N) is 1. The molecule has 0 spiro atoms. The molecular formula is C21H38Cl2NTi. The van der Waals surface area contributed by atoms with Gasteiger partial charge in [-0.1, -0.05) is 79.1 Å². The fourth-order valence-corrected chi connectivity index (χ4v) is 3.75. The van der Waals surface area contributed by atoms with E-state index in [9.17, 15) is 0 Å². The SMILES string of the molecule is CCCc1c(CCC)c(CCN(C)C)[c-](CCC)c1CCC.[Cl-].[Cl-].[Ti+3]. The van der Waals surface area contributed by atoms with Gasteiger partial charge in [0.15, 0.2) is 0 Å². The van der Waals surface area contributed by atoms with Gasteiger partial charge in [0.2, 0.25) is 0 Å². The predicted molar refractivity (Wildman–Crippen MR) is 100 cm³/mol. The third kappa shape index (κ3) is 8.89. The Bertz CT molecular complexity index is 408. The maximum atomic E-state index is 2.33. The Balaban J connectivity index is -0.00000161. The Morgan fingerprint density at radius 2 is 1.12 bits per heavy atom. The van der Waals surface area contributed by atoms with Gasteiger partial charge in [0.25, 0.3) is 0 Å². The van der Waals surface area contributed by atoms with Crippen molar-refractivity contribution in [1.29, 1.82) is 0 Å². The van der Waals surface area contributed by atoms with Gasteiger partial charge >= 0.3 is 21.7 Å². The van der Waals surface area contributed by atoms with Gasteiger partial charge in [-0.25, -0.2) is 0 Å². The van der Waals surface area contributed by atoms with Crippen LogP contribution in [0.25, 0.3) is 0 Å². The van der Waals surface area contributed by atoms with Crippen molar-refractivity contribution < 1.29 is 46.5 Å². The molecule has 1 radical (unpaired) electrons. The van der Waals surface area contributed by atoms with Gasteiger partial charge in [-0.15, -0.1) is 0 Å². The third-order valence-electron chi connectivity index (χ3n) is 4.63. The van der Waals surface area contributed by atoms with Gasteiger partial charge in [-0.3, -0.25) is 0 Å². The Labute approximate surface area is 184 Å². The van der Waals surface area contributed by atoms with E-state index in [-0.39, 0.29) is 46.5 Å². The molecule has 0 bridgehead atoms. The minimum atomic E-state index is 0. The van der Waals surface area contributed by atoms with Crippen LogP contribution in [0.2, 0.25) is 0 Å². The summed E-state index contributed by atoms with van der Waals surface area (Å²) in [4.78, 5) is 2.33. The van der Waals surface area contributed by atoms with E-state index in [2.05, 4.69) is 46.7 Å². The summed E-state index contributed by atoms with van der Waals surface area (Å²) in [5, 5.41) is 0. The zero-order valence-electron chi connectivity index (χ0n) is 17.3. The third-order valence-corrected chi connectivity index (χ3v) is 4.63. The zero-order valence-corrected chi connectivity index (χ0v) is 20.3. The minimum absolute atomic E-state index is 0. The summed E-state index contributed by atoms with van der Waals surface area (Å²) in [6.07, 6.45) is 11.4. The normalized spacial score (nSPS) is 10.2. The molecule has 1 aromatic rings. The number of rotatable bonds is 11. The molecule has 0 fully saturated rings. The van der Waals surface area contributed by atoms with Crippen molar-refractivity contribution in [2.45, 2.75) is 85.5 Å². The fraction of sp³-hybridized carbons (Fsp3) is 0.762. The van der Waals surface area contributed by atoms with Gasteiger partial charge < -0.3 is 29.7 Å². The van der Waals surface area contributed by atoms with E-state index in [4.69, 9.17) is 0 Å². The quantitative estimate of drug-likeness (QED) is 0.337. The van der Waals surface area contributed by atoms with E-state index < -0.39 is 0 Å². The Hall–Kier alpha value is 0.604. The second-order valence-corrected chi connectivity index (χ2v) is 6.95. The second kappa shape index (κ2) is 16.8. The molecule has 0 aliphatic carbocycles. The molecule has 4 heteroatoms. The minimum Gasteiger partial charge on any atom is -1.00 e. The van der Waals surface area contributed by atoms with Crippen molar-refractivity contribution >= 4 is 0 Å². The largest absolute Gasteiger partial charge is 3.00 e. The van der Waals surface area contributed by atoms with Crippen molar-refractivity contribution in [1.82, 2.24) is 4.90 Å². The van der Waals surface area contributed by atoms with Gasteiger partial charge in [-0.05, 0) is 27.1 Å². The summed E-state index contributed by atoms with van der Waals surface area (Å²) < 4.78 is 0. The maximum Gasteiger partial charge on any atom is 3.00 e. The average Bonchev–Trinajstić information content (AvgIpc) is 2.73. The Kier molecular flexibility index (Phi) is 20.3. The molecule has 1 rings (SSSR count). The van der Waals surface area contributed by atoms with Crippen LogP contribution in [0.5, 0.6) is 0 Å². The number of halogens is 2. The predicted octanol–water partition coefficient (Wildman–Crippen LogP) is -0.675. The molecule has 0 aliphatic rings. The molecule has 0 amide bonds. The molecule has 145 valence electrons. The molecule has 0 atom stereocenters. The summed E-state index contributed by atoms with van der Waals surface area (Å²) in [5.41, 5.74) is 8.67. The van der Waals surface area contributed by atoms with Crippen LogP contribution in [0.4, 0.5) is 0 Å². The number of likely N-dealkylation sites (N-methyl/N-ethyl adjacent to an activating group) is 1. The first-order valence-electron chi connectivity index (χ1n) is 9.56. The molecule has 0 aliphatic heterocycles. The van der Waals surface area contributed by atoms with Crippen LogP contribution in [0.3, 0.4) is 0 Å². The molecule has 0 aromatic heterocycles. The number of hydrogen-bond donors (Lipinski definition) is 0. The van der Waals surface area contributed by atoms with Gasteiger partial charge in [0, 0.05) is 0 Å². The second-order valence-electron chi connectivity index (χ2n) is 6.95. The van der Waals surface area contributed by atoms with Gasteiger partial charge in [0.1, 0.15) is 0 Å². The van der Waals surface area contributed by atoms with E-state index in [1.807, 2.05) is 0 Å². The molecule has 0 saturated heterocycles. The molecule has 0 unspecified atom stereocenters. The van der Waals surface area contributed by atoms with E-state index in [0.717, 1.165) is 0 Å². The van der Waals surface area contributed by atoms with Crippen molar-refractivity contribution in [2.24, 2.45) is 0 Å². The van der Waals surface area contributed by atoms with Crippen LogP contribution in [0.1, 0.15) is 81.2 Å². The Morgan fingerprint density at radius 1 is 0.680 bits per heavy atom. The Morgan fingerprint density at radius 3 is 1.48 bits per heavy atom. The molecule has 1 nitrogen and oxygen atoms in total. The smallest absolute Gasteiger partial charge is 1.00 e. The maximum absolute atomic E-state index is 2.33. The molecule has 0 heterocycles. The standard InChI is InChI=1S/C21H38N.2ClH.Ti/c1-7-11-17-18(12-8-2)20(14-10-4)21(15-16-22(5)6)19(17)13-9-3;;;/h7-16H2,1-6H3;2*1H;/q-1;;;+3/p-2. The van der Waals surface area contributed by atoms with Crippen LogP contribution in [0.15, 0.2) is 0 Å². The van der Waals surface area contributed by atoms with Crippen LogP contribution >= 0.6 is 0 Å². The average molecular weight is 423 g/mol.